The molecule has 7 heteroatoms. The molecule has 0 spiro atoms. The molecule has 0 saturated carbocycles. The van der Waals surface area contributed by atoms with Gasteiger partial charge < -0.3 is 9.63 Å². The van der Waals surface area contributed by atoms with Crippen molar-refractivity contribution in [2.24, 2.45) is 0 Å². The lowest BCUT2D eigenvalue weighted by Gasteiger charge is -2.00. The largest absolute Gasteiger partial charge is 0.476 e. The van der Waals surface area contributed by atoms with Crippen molar-refractivity contribution in [1.82, 2.24) is 5.16 Å². The Morgan fingerprint density at radius 3 is 2.50 bits per heavy atom. The number of carboxylic acid groups (broad SMARTS) is 1. The SMILES string of the molecule is O=C(O)c1cc(CS(=O)(=O)c2ccccc2)on1. The van der Waals surface area contributed by atoms with Gasteiger partial charge in [0.1, 0.15) is 5.75 Å². The van der Waals surface area contributed by atoms with Crippen LogP contribution in [-0.4, -0.2) is 24.7 Å². The molecule has 0 aliphatic rings. The topological polar surface area (TPSA) is 97.5 Å². The molecule has 0 atom stereocenters. The Bertz CT molecular complexity index is 660. The summed E-state index contributed by atoms with van der Waals surface area (Å²) in [6.07, 6.45) is 0. The average molecular weight is 267 g/mol. The Hall–Kier alpha value is -2.15. The smallest absolute Gasteiger partial charge is 0.358 e. The summed E-state index contributed by atoms with van der Waals surface area (Å²) in [6, 6.07) is 8.94. The second-order valence-electron chi connectivity index (χ2n) is 3.56. The van der Waals surface area contributed by atoms with E-state index in [1.54, 1.807) is 18.2 Å². The molecule has 1 heterocycles. The highest BCUT2D eigenvalue weighted by atomic mass is 32.2. The molecule has 2 aromatic rings. The lowest BCUT2D eigenvalue weighted by molar-refractivity contribution is 0.0685. The fraction of sp³-hybridized carbons (Fsp3) is 0.0909. The molecular formula is C11H9NO5S. The normalized spacial score (nSPS) is 11.3. The zero-order chi connectivity index (χ0) is 13.2. The summed E-state index contributed by atoms with van der Waals surface area (Å²) in [5, 5.41) is 11.9. The third kappa shape index (κ3) is 2.57. The number of nitrogens with zero attached hydrogens (tertiary/aromatic N) is 1. The highest BCUT2D eigenvalue weighted by Crippen LogP contribution is 2.16. The first-order valence-corrected chi connectivity index (χ1v) is 6.61. The molecule has 0 amide bonds. The van der Waals surface area contributed by atoms with Gasteiger partial charge in [-0.15, -0.1) is 0 Å². The Labute approximate surface area is 103 Å². The Morgan fingerprint density at radius 2 is 1.94 bits per heavy atom. The lowest BCUT2D eigenvalue weighted by atomic mass is 10.4. The van der Waals surface area contributed by atoms with Crippen LogP contribution in [0.25, 0.3) is 0 Å². The molecule has 0 fully saturated rings. The fourth-order valence-electron chi connectivity index (χ4n) is 1.38. The van der Waals surface area contributed by atoms with E-state index in [1.165, 1.54) is 12.1 Å². The second-order valence-corrected chi connectivity index (χ2v) is 5.55. The van der Waals surface area contributed by atoms with Crippen molar-refractivity contribution in [2.75, 3.05) is 0 Å². The molecule has 0 bridgehead atoms. The summed E-state index contributed by atoms with van der Waals surface area (Å²) in [7, 11) is -3.55. The van der Waals surface area contributed by atoms with Gasteiger partial charge >= 0.3 is 5.97 Å². The summed E-state index contributed by atoms with van der Waals surface area (Å²) in [5.41, 5.74) is -0.312. The molecule has 0 radical (unpaired) electrons. The van der Waals surface area contributed by atoms with E-state index in [2.05, 4.69) is 9.68 Å². The summed E-state index contributed by atoms with van der Waals surface area (Å²) < 4.78 is 28.6. The molecule has 2 rings (SSSR count). The first kappa shape index (κ1) is 12.3. The van der Waals surface area contributed by atoms with E-state index in [9.17, 15) is 13.2 Å². The maximum absolute atomic E-state index is 11.9. The van der Waals surface area contributed by atoms with Crippen LogP contribution in [0.15, 0.2) is 45.8 Å². The minimum atomic E-state index is -3.55. The van der Waals surface area contributed by atoms with Crippen molar-refractivity contribution in [1.29, 1.82) is 0 Å². The average Bonchev–Trinajstić information content (AvgIpc) is 2.78. The standard InChI is InChI=1S/C11H9NO5S/c13-11(14)10-6-8(17-12-10)7-18(15,16)9-4-2-1-3-5-9/h1-6H,7H2,(H,13,14). The Morgan fingerprint density at radius 1 is 1.28 bits per heavy atom. The van der Waals surface area contributed by atoms with Gasteiger partial charge in [-0.3, -0.25) is 0 Å². The highest BCUT2D eigenvalue weighted by Gasteiger charge is 2.19. The zero-order valence-corrected chi connectivity index (χ0v) is 9.92. The molecule has 0 aliphatic heterocycles. The van der Waals surface area contributed by atoms with Crippen LogP contribution >= 0.6 is 0 Å². The van der Waals surface area contributed by atoms with Crippen molar-refractivity contribution in [3.63, 3.8) is 0 Å². The zero-order valence-electron chi connectivity index (χ0n) is 9.11. The first-order valence-electron chi connectivity index (χ1n) is 4.96. The van der Waals surface area contributed by atoms with Crippen LogP contribution in [0.2, 0.25) is 0 Å². The molecule has 1 N–H and O–H groups in total. The van der Waals surface area contributed by atoms with Crippen molar-refractivity contribution < 1.29 is 22.8 Å². The number of benzene rings is 1. The van der Waals surface area contributed by atoms with Crippen LogP contribution in [0.5, 0.6) is 0 Å². The maximum Gasteiger partial charge on any atom is 0.358 e. The number of sulfone groups is 1. The maximum atomic E-state index is 11.9. The van der Waals surface area contributed by atoms with Gasteiger partial charge in [0, 0.05) is 6.07 Å². The van der Waals surface area contributed by atoms with Gasteiger partial charge in [-0.25, -0.2) is 13.2 Å². The van der Waals surface area contributed by atoms with E-state index in [4.69, 9.17) is 5.11 Å². The monoisotopic (exact) mass is 267 g/mol. The van der Waals surface area contributed by atoms with Crippen LogP contribution in [0.1, 0.15) is 16.2 Å². The van der Waals surface area contributed by atoms with Crippen molar-refractivity contribution in [2.45, 2.75) is 10.6 Å². The molecule has 6 nitrogen and oxygen atoms in total. The summed E-state index contributed by atoms with van der Waals surface area (Å²) in [6.45, 7) is 0. The van der Waals surface area contributed by atoms with Crippen molar-refractivity contribution in [3.8, 4) is 0 Å². The van der Waals surface area contributed by atoms with E-state index in [0.29, 0.717) is 0 Å². The first-order chi connectivity index (χ1) is 8.49. The lowest BCUT2D eigenvalue weighted by Crippen LogP contribution is -2.04. The van der Waals surface area contributed by atoms with Crippen LogP contribution in [0.3, 0.4) is 0 Å². The van der Waals surface area contributed by atoms with E-state index in [0.717, 1.165) is 6.07 Å². The quantitative estimate of drug-likeness (QED) is 0.897. The molecule has 1 aromatic carbocycles. The molecule has 94 valence electrons. The number of aromatic nitrogens is 1. The van der Waals surface area contributed by atoms with Gasteiger partial charge in [0.15, 0.2) is 21.3 Å². The highest BCUT2D eigenvalue weighted by molar-refractivity contribution is 7.90. The van der Waals surface area contributed by atoms with Crippen LogP contribution in [-0.2, 0) is 15.6 Å². The van der Waals surface area contributed by atoms with E-state index in [1.807, 2.05) is 0 Å². The Balaban J connectivity index is 2.25. The summed E-state index contributed by atoms with van der Waals surface area (Å²) >= 11 is 0. The van der Waals surface area contributed by atoms with Crippen LogP contribution in [0.4, 0.5) is 0 Å². The van der Waals surface area contributed by atoms with Gasteiger partial charge in [-0.05, 0) is 12.1 Å². The third-order valence-electron chi connectivity index (χ3n) is 2.21. The van der Waals surface area contributed by atoms with E-state index < -0.39 is 21.6 Å². The number of aromatic carboxylic acids is 1. The molecular weight excluding hydrogens is 258 g/mol. The molecule has 0 aliphatic carbocycles. The van der Waals surface area contributed by atoms with E-state index in [-0.39, 0.29) is 16.3 Å². The summed E-state index contributed by atoms with van der Waals surface area (Å²) in [4.78, 5) is 10.7. The van der Waals surface area contributed by atoms with Crippen molar-refractivity contribution in [3.05, 3.63) is 47.9 Å². The van der Waals surface area contributed by atoms with Gasteiger partial charge in [-0.2, -0.15) is 0 Å². The second kappa shape index (κ2) is 4.61. The minimum Gasteiger partial charge on any atom is -0.476 e. The Kier molecular flexibility index (Phi) is 3.15. The van der Waals surface area contributed by atoms with Gasteiger partial charge in [0.05, 0.1) is 4.90 Å². The van der Waals surface area contributed by atoms with Gasteiger partial charge in [-0.1, -0.05) is 23.4 Å². The number of carboxylic acids is 1. The van der Waals surface area contributed by atoms with Crippen LogP contribution in [0, 0.1) is 0 Å². The minimum absolute atomic E-state index is 0.00347. The predicted octanol–water partition coefficient (Wildman–Crippen LogP) is 1.35. The predicted molar refractivity (Wildman–Crippen MR) is 60.8 cm³/mol. The number of hydrogen-bond donors (Lipinski definition) is 1. The number of hydrogen-bond acceptors (Lipinski definition) is 5. The summed E-state index contributed by atoms with van der Waals surface area (Å²) in [5.74, 6) is -1.68. The van der Waals surface area contributed by atoms with Gasteiger partial charge in [0.2, 0.25) is 0 Å². The van der Waals surface area contributed by atoms with Gasteiger partial charge in [0.25, 0.3) is 0 Å². The van der Waals surface area contributed by atoms with E-state index >= 15 is 0 Å². The molecule has 0 unspecified atom stereocenters. The van der Waals surface area contributed by atoms with Crippen molar-refractivity contribution >= 4 is 15.8 Å². The number of rotatable bonds is 4. The number of carbonyl (C=O) groups is 1. The third-order valence-corrected chi connectivity index (χ3v) is 3.87. The molecule has 1 aromatic heterocycles. The van der Waals surface area contributed by atoms with Crippen LogP contribution < -0.4 is 0 Å². The molecule has 0 saturated heterocycles. The fourth-order valence-corrected chi connectivity index (χ4v) is 2.63. The molecule has 18 heavy (non-hydrogen) atoms.